The van der Waals surface area contributed by atoms with Gasteiger partial charge in [0.1, 0.15) is 0 Å². The number of hydrogen-bond acceptors (Lipinski definition) is 7. The fourth-order valence-corrected chi connectivity index (χ4v) is 3.75. The summed E-state index contributed by atoms with van der Waals surface area (Å²) in [4.78, 5) is 28.3. The highest BCUT2D eigenvalue weighted by Crippen LogP contribution is 2.31. The zero-order valence-electron chi connectivity index (χ0n) is 18.2. The molecule has 0 bridgehead atoms. The molecule has 2 aliphatic heterocycles. The van der Waals surface area contributed by atoms with E-state index in [2.05, 4.69) is 15.3 Å². The van der Waals surface area contributed by atoms with Crippen molar-refractivity contribution in [2.24, 2.45) is 12.5 Å². The third kappa shape index (κ3) is 5.93. The standard InChI is InChI=1S/C20H33N5O5/c1-23(2)17(26)13-30-18-12-16(22-24(18)3)19(27)21-14-20(4-8-28-9-5-20)15-25-6-10-29-11-7-25/h12H,4-11,13-15H2,1-3H3,(H,21,27). The topological polar surface area (TPSA) is 98.2 Å². The Balaban J connectivity index is 1.58. The normalized spacial score (nSPS) is 19.3. The van der Waals surface area contributed by atoms with E-state index in [0.717, 1.165) is 45.7 Å². The third-order valence-electron chi connectivity index (χ3n) is 5.75. The van der Waals surface area contributed by atoms with Gasteiger partial charge in [0.25, 0.3) is 11.8 Å². The molecule has 2 saturated heterocycles. The Kier molecular flexibility index (Phi) is 7.68. The average molecular weight is 424 g/mol. The van der Waals surface area contributed by atoms with Crippen molar-refractivity contribution in [3.8, 4) is 5.88 Å². The molecule has 0 radical (unpaired) electrons. The van der Waals surface area contributed by atoms with Crippen LogP contribution >= 0.6 is 0 Å². The highest BCUT2D eigenvalue weighted by molar-refractivity contribution is 5.92. The zero-order valence-corrected chi connectivity index (χ0v) is 18.2. The van der Waals surface area contributed by atoms with Crippen molar-refractivity contribution in [2.45, 2.75) is 12.8 Å². The predicted octanol–water partition coefficient (Wildman–Crippen LogP) is -0.254. The van der Waals surface area contributed by atoms with Crippen LogP contribution in [0.1, 0.15) is 23.3 Å². The van der Waals surface area contributed by atoms with Gasteiger partial charge in [-0.3, -0.25) is 14.5 Å². The van der Waals surface area contributed by atoms with E-state index in [1.54, 1.807) is 27.2 Å². The molecule has 2 amide bonds. The van der Waals surface area contributed by atoms with Crippen molar-refractivity contribution in [2.75, 3.05) is 73.3 Å². The number of nitrogens with one attached hydrogen (secondary N) is 1. The molecule has 2 fully saturated rings. The minimum absolute atomic E-state index is 0.0164. The molecule has 0 aromatic carbocycles. The number of carbonyl (C=O) groups is 2. The van der Waals surface area contributed by atoms with Crippen molar-refractivity contribution in [1.82, 2.24) is 24.9 Å². The van der Waals surface area contributed by atoms with Gasteiger partial charge < -0.3 is 24.4 Å². The van der Waals surface area contributed by atoms with Crippen molar-refractivity contribution >= 4 is 11.8 Å². The molecule has 1 aromatic heterocycles. The summed E-state index contributed by atoms with van der Waals surface area (Å²) in [5.41, 5.74) is 0.260. The van der Waals surface area contributed by atoms with Crippen LogP contribution in [0.5, 0.6) is 5.88 Å². The van der Waals surface area contributed by atoms with Crippen molar-refractivity contribution in [3.05, 3.63) is 11.8 Å². The molecular formula is C20H33N5O5. The van der Waals surface area contributed by atoms with Crippen molar-refractivity contribution in [3.63, 3.8) is 0 Å². The Morgan fingerprint density at radius 2 is 1.87 bits per heavy atom. The van der Waals surface area contributed by atoms with E-state index in [0.29, 0.717) is 25.6 Å². The van der Waals surface area contributed by atoms with E-state index >= 15 is 0 Å². The number of aromatic nitrogens is 2. The van der Waals surface area contributed by atoms with Gasteiger partial charge in [0.15, 0.2) is 12.3 Å². The molecule has 168 valence electrons. The summed E-state index contributed by atoms with van der Waals surface area (Å²) in [5, 5.41) is 7.30. The van der Waals surface area contributed by atoms with Gasteiger partial charge in [-0.25, -0.2) is 4.68 Å². The van der Waals surface area contributed by atoms with Gasteiger partial charge >= 0.3 is 0 Å². The first-order valence-electron chi connectivity index (χ1n) is 10.4. The summed E-state index contributed by atoms with van der Waals surface area (Å²) in [6.07, 6.45) is 1.82. The molecule has 2 aliphatic rings. The van der Waals surface area contributed by atoms with E-state index in [-0.39, 0.29) is 29.5 Å². The molecule has 0 spiro atoms. The second-order valence-corrected chi connectivity index (χ2v) is 8.25. The van der Waals surface area contributed by atoms with E-state index in [4.69, 9.17) is 14.2 Å². The summed E-state index contributed by atoms with van der Waals surface area (Å²) >= 11 is 0. The number of carbonyl (C=O) groups excluding carboxylic acids is 2. The lowest BCUT2D eigenvalue weighted by molar-refractivity contribution is -0.130. The Morgan fingerprint density at radius 1 is 1.20 bits per heavy atom. The summed E-state index contributed by atoms with van der Waals surface area (Å²) in [6.45, 7) is 6.16. The molecule has 10 nitrogen and oxygen atoms in total. The van der Waals surface area contributed by atoms with Crippen LogP contribution in [0.15, 0.2) is 6.07 Å². The van der Waals surface area contributed by atoms with Crippen LogP contribution in [0.3, 0.4) is 0 Å². The van der Waals surface area contributed by atoms with Crippen LogP contribution < -0.4 is 10.1 Å². The first-order chi connectivity index (χ1) is 14.4. The number of amides is 2. The quantitative estimate of drug-likeness (QED) is 0.615. The minimum Gasteiger partial charge on any atom is -0.468 e. The Hall–Kier alpha value is -2.17. The van der Waals surface area contributed by atoms with Gasteiger partial charge in [0.05, 0.1) is 13.2 Å². The van der Waals surface area contributed by atoms with Crippen LogP contribution in [0.2, 0.25) is 0 Å². The average Bonchev–Trinajstić information content (AvgIpc) is 3.12. The second kappa shape index (κ2) is 10.2. The van der Waals surface area contributed by atoms with Crippen LogP contribution in [0.4, 0.5) is 0 Å². The van der Waals surface area contributed by atoms with Gasteiger partial charge in [-0.15, -0.1) is 0 Å². The summed E-state index contributed by atoms with van der Waals surface area (Å²) < 4.78 is 18.0. The van der Waals surface area contributed by atoms with E-state index < -0.39 is 0 Å². The molecule has 0 unspecified atom stereocenters. The highest BCUT2D eigenvalue weighted by Gasteiger charge is 2.35. The first-order valence-corrected chi connectivity index (χ1v) is 10.4. The van der Waals surface area contributed by atoms with Gasteiger partial charge in [-0.05, 0) is 12.8 Å². The predicted molar refractivity (Wildman–Crippen MR) is 109 cm³/mol. The highest BCUT2D eigenvalue weighted by atomic mass is 16.5. The SMILES string of the molecule is CN(C)C(=O)COc1cc(C(=O)NCC2(CN3CCOCC3)CCOCC2)nn1C. The molecule has 30 heavy (non-hydrogen) atoms. The van der Waals surface area contributed by atoms with E-state index in [1.807, 2.05) is 0 Å². The van der Waals surface area contributed by atoms with Gasteiger partial charge in [0.2, 0.25) is 5.88 Å². The van der Waals surface area contributed by atoms with E-state index in [9.17, 15) is 9.59 Å². The lowest BCUT2D eigenvalue weighted by Crippen LogP contribution is -2.50. The lowest BCUT2D eigenvalue weighted by Gasteiger charge is -2.42. The molecule has 0 aliphatic carbocycles. The summed E-state index contributed by atoms with van der Waals surface area (Å²) in [5.74, 6) is -0.0246. The zero-order chi connectivity index (χ0) is 21.6. The van der Waals surface area contributed by atoms with Crippen LogP contribution in [0, 0.1) is 5.41 Å². The Labute approximate surface area is 177 Å². The van der Waals surface area contributed by atoms with Crippen LogP contribution in [0.25, 0.3) is 0 Å². The fraction of sp³-hybridized carbons (Fsp3) is 0.750. The number of nitrogens with zero attached hydrogens (tertiary/aromatic N) is 4. The largest absolute Gasteiger partial charge is 0.468 e. The van der Waals surface area contributed by atoms with Crippen LogP contribution in [-0.2, 0) is 21.3 Å². The second-order valence-electron chi connectivity index (χ2n) is 8.25. The maximum Gasteiger partial charge on any atom is 0.271 e. The maximum atomic E-state index is 12.8. The molecule has 3 heterocycles. The fourth-order valence-electron chi connectivity index (χ4n) is 3.75. The van der Waals surface area contributed by atoms with Gasteiger partial charge in [0, 0.05) is 72.0 Å². The third-order valence-corrected chi connectivity index (χ3v) is 5.75. The summed E-state index contributed by atoms with van der Waals surface area (Å²) in [7, 11) is 5.01. The number of aryl methyl sites for hydroxylation is 1. The molecular weight excluding hydrogens is 390 g/mol. The minimum atomic E-state index is -0.243. The molecule has 0 atom stereocenters. The van der Waals surface area contributed by atoms with Crippen molar-refractivity contribution in [1.29, 1.82) is 0 Å². The van der Waals surface area contributed by atoms with Crippen LogP contribution in [-0.4, -0.2) is 105 Å². The maximum absolute atomic E-state index is 12.8. The molecule has 1 aromatic rings. The Morgan fingerprint density at radius 3 is 2.53 bits per heavy atom. The molecule has 3 rings (SSSR count). The molecule has 10 heteroatoms. The van der Waals surface area contributed by atoms with Gasteiger partial charge in [-0.1, -0.05) is 0 Å². The monoisotopic (exact) mass is 423 g/mol. The molecule has 0 saturated carbocycles. The number of likely N-dealkylation sites (N-methyl/N-ethyl adjacent to an activating group) is 1. The Bertz CT molecular complexity index is 723. The number of hydrogen-bond donors (Lipinski definition) is 1. The number of morpholine rings is 1. The van der Waals surface area contributed by atoms with E-state index in [1.165, 1.54) is 9.58 Å². The first kappa shape index (κ1) is 22.5. The lowest BCUT2D eigenvalue weighted by atomic mass is 9.79. The number of rotatable bonds is 8. The van der Waals surface area contributed by atoms with Gasteiger partial charge in [-0.2, -0.15) is 5.10 Å². The van der Waals surface area contributed by atoms with Crippen molar-refractivity contribution < 1.29 is 23.8 Å². The smallest absolute Gasteiger partial charge is 0.271 e. The molecule has 1 N–H and O–H groups in total. The number of ether oxygens (including phenoxy) is 3. The summed E-state index contributed by atoms with van der Waals surface area (Å²) in [6, 6.07) is 1.57.